The summed E-state index contributed by atoms with van der Waals surface area (Å²) in [5.74, 6) is 0. The molecule has 0 N–H and O–H groups in total. The molecule has 2 heteroatoms. The van der Waals surface area contributed by atoms with Crippen LogP contribution in [-0.4, -0.2) is 6.54 Å². The van der Waals surface area contributed by atoms with E-state index in [9.17, 15) is 0 Å². The Labute approximate surface area is 126 Å². The highest BCUT2D eigenvalue weighted by Gasteiger charge is 2.09. The van der Waals surface area contributed by atoms with Crippen LogP contribution in [0, 0.1) is 0 Å². The van der Waals surface area contributed by atoms with Gasteiger partial charge in [0.15, 0.2) is 0 Å². The third-order valence-electron chi connectivity index (χ3n) is 3.02. The fraction of sp³-hybridized carbons (Fsp3) is 0.222. The molecule has 0 unspecified atom stereocenters. The molecule has 0 aliphatic heterocycles. The van der Waals surface area contributed by atoms with E-state index in [1.165, 1.54) is 16.1 Å². The first kappa shape index (κ1) is 14.7. The Morgan fingerprint density at radius 3 is 2.45 bits per heavy atom. The van der Waals surface area contributed by atoms with E-state index in [0.717, 1.165) is 19.4 Å². The van der Waals surface area contributed by atoms with E-state index in [4.69, 9.17) is 0 Å². The van der Waals surface area contributed by atoms with Crippen molar-refractivity contribution < 1.29 is 0 Å². The molecule has 0 bridgehead atoms. The van der Waals surface area contributed by atoms with Gasteiger partial charge < -0.3 is 4.31 Å². The molecule has 0 aromatic heterocycles. The van der Waals surface area contributed by atoms with Crippen LogP contribution in [0.5, 0.6) is 0 Å². The number of anilines is 1. The zero-order chi connectivity index (χ0) is 14.2. The fourth-order valence-electron chi connectivity index (χ4n) is 2.06. The third kappa shape index (κ3) is 3.91. The van der Waals surface area contributed by atoms with Crippen molar-refractivity contribution in [3.05, 3.63) is 72.8 Å². The zero-order valence-electron chi connectivity index (χ0n) is 12.0. The molecule has 1 nitrogen and oxygen atoms in total. The SMILES string of the molecule is C=CCc1ccccc1SN(CCC)c1ccccc1. The van der Waals surface area contributed by atoms with Gasteiger partial charge >= 0.3 is 0 Å². The van der Waals surface area contributed by atoms with Gasteiger partial charge in [0.2, 0.25) is 0 Å². The van der Waals surface area contributed by atoms with Crippen LogP contribution >= 0.6 is 11.9 Å². The molecule has 0 aliphatic carbocycles. The van der Waals surface area contributed by atoms with E-state index in [1.807, 2.05) is 18.0 Å². The van der Waals surface area contributed by atoms with Gasteiger partial charge in [-0.2, -0.15) is 0 Å². The van der Waals surface area contributed by atoms with Gasteiger partial charge in [-0.25, -0.2) is 0 Å². The lowest BCUT2D eigenvalue weighted by molar-refractivity contribution is 0.928. The molecule has 2 aromatic carbocycles. The zero-order valence-corrected chi connectivity index (χ0v) is 12.8. The second-order valence-electron chi connectivity index (χ2n) is 4.63. The van der Waals surface area contributed by atoms with Crippen molar-refractivity contribution in [1.29, 1.82) is 0 Å². The molecule has 0 saturated carbocycles. The molecule has 104 valence electrons. The number of hydrogen-bond acceptors (Lipinski definition) is 2. The van der Waals surface area contributed by atoms with Crippen molar-refractivity contribution in [2.75, 3.05) is 10.8 Å². The van der Waals surface area contributed by atoms with Crippen LogP contribution in [0.15, 0.2) is 72.1 Å². The van der Waals surface area contributed by atoms with Crippen molar-refractivity contribution in [2.24, 2.45) is 0 Å². The number of nitrogens with zero attached hydrogens (tertiary/aromatic N) is 1. The number of benzene rings is 2. The number of allylic oxidation sites excluding steroid dienone is 1. The third-order valence-corrected chi connectivity index (χ3v) is 4.23. The lowest BCUT2D eigenvalue weighted by atomic mass is 10.1. The largest absolute Gasteiger partial charge is 0.312 e. The summed E-state index contributed by atoms with van der Waals surface area (Å²) in [6, 6.07) is 19.1. The highest BCUT2D eigenvalue weighted by molar-refractivity contribution is 8.00. The molecule has 2 aromatic rings. The molecule has 0 saturated heterocycles. The average Bonchev–Trinajstić information content (AvgIpc) is 2.50. The van der Waals surface area contributed by atoms with Gasteiger partial charge in [0.25, 0.3) is 0 Å². The van der Waals surface area contributed by atoms with Gasteiger partial charge in [0, 0.05) is 17.1 Å². The Morgan fingerprint density at radius 2 is 1.75 bits per heavy atom. The lowest BCUT2D eigenvalue weighted by Gasteiger charge is -2.23. The highest BCUT2D eigenvalue weighted by Crippen LogP contribution is 2.31. The van der Waals surface area contributed by atoms with Crippen LogP contribution in [-0.2, 0) is 6.42 Å². The van der Waals surface area contributed by atoms with Crippen molar-refractivity contribution in [1.82, 2.24) is 0 Å². The van der Waals surface area contributed by atoms with Gasteiger partial charge in [0.1, 0.15) is 0 Å². The first-order valence-corrected chi connectivity index (χ1v) is 7.82. The van der Waals surface area contributed by atoms with Crippen molar-refractivity contribution in [2.45, 2.75) is 24.7 Å². The van der Waals surface area contributed by atoms with E-state index in [0.29, 0.717) is 0 Å². The van der Waals surface area contributed by atoms with Gasteiger partial charge in [-0.15, -0.1) is 6.58 Å². The van der Waals surface area contributed by atoms with E-state index >= 15 is 0 Å². The summed E-state index contributed by atoms with van der Waals surface area (Å²) < 4.78 is 2.36. The quantitative estimate of drug-likeness (QED) is 0.498. The first-order chi connectivity index (χ1) is 9.85. The molecule has 0 atom stereocenters. The fourth-order valence-corrected chi connectivity index (χ4v) is 3.21. The minimum atomic E-state index is 0.915. The molecular formula is C18H21NS. The highest BCUT2D eigenvalue weighted by atomic mass is 32.2. The minimum Gasteiger partial charge on any atom is -0.312 e. The van der Waals surface area contributed by atoms with Crippen LogP contribution in [0.4, 0.5) is 5.69 Å². The van der Waals surface area contributed by atoms with Crippen LogP contribution in [0.1, 0.15) is 18.9 Å². The summed E-state index contributed by atoms with van der Waals surface area (Å²) in [6.07, 6.45) is 4.01. The summed E-state index contributed by atoms with van der Waals surface area (Å²) in [7, 11) is 0. The van der Waals surface area contributed by atoms with E-state index in [-0.39, 0.29) is 0 Å². The van der Waals surface area contributed by atoms with Crippen LogP contribution in [0.25, 0.3) is 0 Å². The monoisotopic (exact) mass is 283 g/mol. The molecule has 0 fully saturated rings. The topological polar surface area (TPSA) is 3.24 Å². The molecule has 0 heterocycles. The van der Waals surface area contributed by atoms with E-state index in [2.05, 4.69) is 72.4 Å². The summed E-state index contributed by atoms with van der Waals surface area (Å²) in [4.78, 5) is 1.31. The minimum absolute atomic E-state index is 0.915. The van der Waals surface area contributed by atoms with Crippen molar-refractivity contribution in [3.63, 3.8) is 0 Å². The van der Waals surface area contributed by atoms with Crippen LogP contribution in [0.3, 0.4) is 0 Å². The molecule has 2 rings (SSSR count). The van der Waals surface area contributed by atoms with Gasteiger partial charge in [0.05, 0.1) is 0 Å². The summed E-state index contributed by atoms with van der Waals surface area (Å²) in [5, 5.41) is 0. The Balaban J connectivity index is 2.22. The normalized spacial score (nSPS) is 10.2. The number of rotatable bonds is 7. The molecule has 0 spiro atoms. The molecule has 0 radical (unpaired) electrons. The van der Waals surface area contributed by atoms with Crippen LogP contribution in [0.2, 0.25) is 0 Å². The summed E-state index contributed by atoms with van der Waals surface area (Å²) in [6.45, 7) is 7.10. The first-order valence-electron chi connectivity index (χ1n) is 7.04. The van der Waals surface area contributed by atoms with E-state index in [1.54, 1.807) is 0 Å². The van der Waals surface area contributed by atoms with Crippen LogP contribution < -0.4 is 4.31 Å². The maximum Gasteiger partial charge on any atom is 0.0473 e. The summed E-state index contributed by atoms with van der Waals surface area (Å²) >= 11 is 1.82. The van der Waals surface area contributed by atoms with Crippen molar-refractivity contribution >= 4 is 17.6 Å². The Kier molecular flexibility index (Phi) is 5.75. The molecular weight excluding hydrogens is 262 g/mol. The molecule has 0 aliphatic rings. The Bertz CT molecular complexity index is 536. The molecule has 20 heavy (non-hydrogen) atoms. The lowest BCUT2D eigenvalue weighted by Crippen LogP contribution is -2.15. The van der Waals surface area contributed by atoms with Crippen molar-refractivity contribution in [3.8, 4) is 0 Å². The summed E-state index contributed by atoms with van der Waals surface area (Å²) in [5.41, 5.74) is 2.59. The molecule has 0 amide bonds. The standard InChI is InChI=1S/C18H21NS/c1-3-10-16-11-8-9-14-18(16)20-19(15-4-2)17-12-6-5-7-13-17/h3,5-9,11-14H,1,4,10,15H2,2H3. The van der Waals surface area contributed by atoms with E-state index < -0.39 is 0 Å². The Morgan fingerprint density at radius 1 is 1.05 bits per heavy atom. The van der Waals surface area contributed by atoms with Gasteiger partial charge in [-0.3, -0.25) is 0 Å². The predicted molar refractivity (Wildman–Crippen MR) is 90.3 cm³/mol. The second-order valence-corrected chi connectivity index (χ2v) is 5.69. The average molecular weight is 283 g/mol. The predicted octanol–water partition coefficient (Wildman–Crippen LogP) is 5.34. The maximum atomic E-state index is 3.85. The smallest absolute Gasteiger partial charge is 0.0473 e. The van der Waals surface area contributed by atoms with Gasteiger partial charge in [-0.05, 0) is 48.6 Å². The van der Waals surface area contributed by atoms with Gasteiger partial charge in [-0.1, -0.05) is 49.4 Å². The number of hydrogen-bond donors (Lipinski definition) is 0. The Hall–Kier alpha value is -1.67. The second kappa shape index (κ2) is 7.81. The number of para-hydroxylation sites is 1. The maximum absolute atomic E-state index is 3.85.